The Hall–Kier alpha value is -1.13. The predicted octanol–water partition coefficient (Wildman–Crippen LogP) is 3.35. The maximum absolute atomic E-state index is 11.0. The van der Waals surface area contributed by atoms with E-state index in [-0.39, 0.29) is 22.6 Å². The monoisotopic (exact) mass is 256 g/mol. The highest BCUT2D eigenvalue weighted by Gasteiger charge is 2.22. The molecule has 1 N–H and O–H groups in total. The van der Waals surface area contributed by atoms with Crippen molar-refractivity contribution < 1.29 is 4.92 Å². The number of likely N-dealkylation sites (N-methyl/N-ethyl adjacent to an activating group) is 1. The van der Waals surface area contributed by atoms with Gasteiger partial charge in [0, 0.05) is 28.6 Å². The Balaban J connectivity index is 3.10. The molecule has 1 rings (SSSR count). The Morgan fingerprint density at radius 3 is 2.65 bits per heavy atom. The molecule has 1 aromatic carbocycles. The van der Waals surface area contributed by atoms with Crippen LogP contribution in [0.2, 0.25) is 5.02 Å². The summed E-state index contributed by atoms with van der Waals surface area (Å²) in [6.07, 6.45) is 0. The maximum atomic E-state index is 11.0. The number of hydrogen-bond acceptors (Lipinski definition) is 3. The number of nitro benzene ring substituents is 1. The van der Waals surface area contributed by atoms with Crippen LogP contribution in [0.25, 0.3) is 0 Å². The van der Waals surface area contributed by atoms with E-state index >= 15 is 0 Å². The van der Waals surface area contributed by atoms with Crippen LogP contribution in [-0.4, -0.2) is 17.5 Å². The zero-order valence-electron chi connectivity index (χ0n) is 10.2. The second kappa shape index (κ2) is 5.98. The zero-order chi connectivity index (χ0) is 13.0. The van der Waals surface area contributed by atoms with Gasteiger partial charge in [0.25, 0.3) is 5.69 Å². The molecule has 0 amide bonds. The Morgan fingerprint density at radius 2 is 2.12 bits per heavy atom. The molecule has 1 aromatic rings. The van der Waals surface area contributed by atoms with Gasteiger partial charge in [0.2, 0.25) is 0 Å². The summed E-state index contributed by atoms with van der Waals surface area (Å²) >= 11 is 5.90. The lowest BCUT2D eigenvalue weighted by molar-refractivity contribution is -0.385. The minimum atomic E-state index is -0.360. The van der Waals surface area contributed by atoms with Gasteiger partial charge in [0.15, 0.2) is 0 Å². The summed E-state index contributed by atoms with van der Waals surface area (Å²) in [7, 11) is 0. The number of hydrogen-bond donors (Lipinski definition) is 1. The van der Waals surface area contributed by atoms with Crippen molar-refractivity contribution in [2.24, 2.45) is 0 Å². The zero-order valence-corrected chi connectivity index (χ0v) is 11.0. The van der Waals surface area contributed by atoms with Crippen molar-refractivity contribution in [1.82, 2.24) is 5.32 Å². The number of nitrogens with zero attached hydrogens (tertiary/aromatic N) is 1. The van der Waals surface area contributed by atoms with Crippen LogP contribution >= 0.6 is 11.6 Å². The molecule has 0 bridgehead atoms. The molecule has 2 atom stereocenters. The third-order valence-corrected chi connectivity index (χ3v) is 3.19. The van der Waals surface area contributed by atoms with E-state index in [2.05, 4.69) is 5.32 Å². The molecule has 0 aliphatic heterocycles. The molecule has 0 aromatic heterocycles. The minimum absolute atomic E-state index is 0.0362. The second-order valence-electron chi connectivity index (χ2n) is 4.10. The van der Waals surface area contributed by atoms with E-state index in [1.807, 2.05) is 20.8 Å². The van der Waals surface area contributed by atoms with Crippen molar-refractivity contribution in [3.05, 3.63) is 38.9 Å². The van der Waals surface area contributed by atoms with Crippen molar-refractivity contribution in [3.8, 4) is 0 Å². The lowest BCUT2D eigenvalue weighted by Crippen LogP contribution is -2.30. The summed E-state index contributed by atoms with van der Waals surface area (Å²) in [5, 5.41) is 14.8. The fraction of sp³-hybridized carbons (Fsp3) is 0.500. The lowest BCUT2D eigenvalue weighted by atomic mass is 9.93. The van der Waals surface area contributed by atoms with Crippen molar-refractivity contribution in [2.45, 2.75) is 32.7 Å². The molecule has 0 radical (unpaired) electrons. The Labute approximate surface area is 106 Å². The van der Waals surface area contributed by atoms with E-state index in [4.69, 9.17) is 11.6 Å². The first-order chi connectivity index (χ1) is 7.97. The van der Waals surface area contributed by atoms with Crippen LogP contribution in [0.4, 0.5) is 5.69 Å². The largest absolute Gasteiger partial charge is 0.314 e. The van der Waals surface area contributed by atoms with Gasteiger partial charge in [-0.05, 0) is 25.6 Å². The van der Waals surface area contributed by atoms with E-state index < -0.39 is 0 Å². The fourth-order valence-corrected chi connectivity index (χ4v) is 2.00. The molecule has 0 saturated heterocycles. The summed E-state index contributed by atoms with van der Waals surface area (Å²) in [6.45, 7) is 6.82. The van der Waals surface area contributed by atoms with E-state index in [1.54, 1.807) is 12.1 Å². The van der Waals surface area contributed by atoms with Crippen LogP contribution in [-0.2, 0) is 0 Å². The van der Waals surface area contributed by atoms with Gasteiger partial charge in [-0.15, -0.1) is 0 Å². The van der Waals surface area contributed by atoms with Crippen LogP contribution < -0.4 is 5.32 Å². The topological polar surface area (TPSA) is 55.2 Å². The molecule has 0 heterocycles. The Bertz CT molecular complexity index is 409. The second-order valence-corrected chi connectivity index (χ2v) is 4.53. The van der Waals surface area contributed by atoms with Crippen LogP contribution in [0.1, 0.15) is 32.3 Å². The van der Waals surface area contributed by atoms with Gasteiger partial charge in [-0.3, -0.25) is 10.1 Å². The van der Waals surface area contributed by atoms with Crippen molar-refractivity contribution >= 4 is 17.3 Å². The Kier molecular flexibility index (Phi) is 4.90. The molecular formula is C12H17ClN2O2. The van der Waals surface area contributed by atoms with Gasteiger partial charge in [-0.1, -0.05) is 25.4 Å². The predicted molar refractivity (Wildman–Crippen MR) is 69.7 cm³/mol. The third-order valence-electron chi connectivity index (χ3n) is 2.95. The average molecular weight is 257 g/mol. The highest BCUT2D eigenvalue weighted by atomic mass is 35.5. The van der Waals surface area contributed by atoms with Gasteiger partial charge in [0.1, 0.15) is 0 Å². The maximum Gasteiger partial charge on any atom is 0.273 e. The first-order valence-electron chi connectivity index (χ1n) is 5.64. The fourth-order valence-electron chi connectivity index (χ4n) is 1.82. The van der Waals surface area contributed by atoms with E-state index in [0.29, 0.717) is 10.6 Å². The van der Waals surface area contributed by atoms with E-state index in [9.17, 15) is 10.1 Å². The Morgan fingerprint density at radius 1 is 1.47 bits per heavy atom. The van der Waals surface area contributed by atoms with Gasteiger partial charge >= 0.3 is 0 Å². The molecule has 17 heavy (non-hydrogen) atoms. The van der Waals surface area contributed by atoms with Crippen molar-refractivity contribution in [2.75, 3.05) is 6.54 Å². The van der Waals surface area contributed by atoms with Crippen LogP contribution in [0.3, 0.4) is 0 Å². The van der Waals surface area contributed by atoms with Crippen molar-refractivity contribution in [3.63, 3.8) is 0 Å². The lowest BCUT2D eigenvalue weighted by Gasteiger charge is -2.21. The summed E-state index contributed by atoms with van der Waals surface area (Å²) in [6, 6.07) is 4.86. The number of benzene rings is 1. The third kappa shape index (κ3) is 3.41. The summed E-state index contributed by atoms with van der Waals surface area (Å²) in [4.78, 5) is 10.6. The summed E-state index contributed by atoms with van der Waals surface area (Å²) < 4.78 is 0. The number of rotatable bonds is 5. The minimum Gasteiger partial charge on any atom is -0.314 e. The molecule has 4 nitrogen and oxygen atoms in total. The van der Waals surface area contributed by atoms with Gasteiger partial charge in [-0.2, -0.15) is 0 Å². The molecule has 0 aliphatic rings. The molecule has 0 spiro atoms. The van der Waals surface area contributed by atoms with Gasteiger partial charge in [-0.25, -0.2) is 0 Å². The van der Waals surface area contributed by atoms with E-state index in [1.165, 1.54) is 6.07 Å². The quantitative estimate of drug-likeness (QED) is 0.649. The van der Waals surface area contributed by atoms with E-state index in [0.717, 1.165) is 6.54 Å². The summed E-state index contributed by atoms with van der Waals surface area (Å²) in [5.74, 6) is 0.0362. The smallest absolute Gasteiger partial charge is 0.273 e. The molecule has 2 unspecified atom stereocenters. The number of nitro groups is 1. The van der Waals surface area contributed by atoms with Crippen LogP contribution in [0.5, 0.6) is 0 Å². The highest BCUT2D eigenvalue weighted by Crippen LogP contribution is 2.31. The van der Waals surface area contributed by atoms with Crippen LogP contribution in [0.15, 0.2) is 18.2 Å². The number of nitrogens with one attached hydrogen (secondary N) is 1. The SMILES string of the molecule is CCNC(C)C(C)c1cc(Cl)ccc1[N+](=O)[O-]. The molecule has 0 fully saturated rings. The molecular weight excluding hydrogens is 240 g/mol. The van der Waals surface area contributed by atoms with Crippen LogP contribution in [0, 0.1) is 10.1 Å². The average Bonchev–Trinajstić information content (AvgIpc) is 2.27. The molecule has 0 aliphatic carbocycles. The van der Waals surface area contributed by atoms with Crippen molar-refractivity contribution in [1.29, 1.82) is 0 Å². The van der Waals surface area contributed by atoms with Gasteiger partial charge in [0.05, 0.1) is 4.92 Å². The van der Waals surface area contributed by atoms with Gasteiger partial charge < -0.3 is 5.32 Å². The molecule has 94 valence electrons. The normalized spacial score (nSPS) is 14.4. The standard InChI is InChI=1S/C12H17ClN2O2/c1-4-14-9(3)8(2)11-7-10(13)5-6-12(11)15(16)17/h5-9,14H,4H2,1-3H3. The number of halogens is 1. The first-order valence-corrected chi connectivity index (χ1v) is 6.02. The highest BCUT2D eigenvalue weighted by molar-refractivity contribution is 6.30. The first kappa shape index (κ1) is 13.9. The molecule has 0 saturated carbocycles. The molecule has 5 heteroatoms. The summed E-state index contributed by atoms with van der Waals surface area (Å²) in [5.41, 5.74) is 0.808.